The predicted molar refractivity (Wildman–Crippen MR) is 126 cm³/mol. The molecule has 0 saturated heterocycles. The number of esters is 1. The molecule has 0 spiro atoms. The van der Waals surface area contributed by atoms with Crippen molar-refractivity contribution in [2.24, 2.45) is 4.99 Å². The van der Waals surface area contributed by atoms with Crippen molar-refractivity contribution in [2.75, 3.05) is 6.61 Å². The van der Waals surface area contributed by atoms with Crippen LogP contribution < -0.4 is 9.47 Å². The topological polar surface area (TPSA) is 57.1 Å². The molecule has 3 rings (SSSR count). The molecule has 1 aliphatic heterocycles. The molecule has 2 aromatic carbocycles. The lowest BCUT2D eigenvalue weighted by molar-refractivity contribution is -0.129. The van der Waals surface area contributed by atoms with Gasteiger partial charge in [-0.05, 0) is 114 Å². The van der Waals surface area contributed by atoms with Crippen LogP contribution in [0.1, 0.15) is 31.9 Å². The van der Waals surface area contributed by atoms with E-state index in [0.29, 0.717) is 24.0 Å². The molecule has 0 atom stereocenters. The van der Waals surface area contributed by atoms with Crippen molar-refractivity contribution in [3.8, 4) is 11.5 Å². The zero-order chi connectivity index (χ0) is 20.3. The lowest BCUT2D eigenvalue weighted by Crippen LogP contribution is -2.09. The highest BCUT2D eigenvalue weighted by atomic mass is 127. The maximum absolute atomic E-state index is 12.3. The zero-order valence-electron chi connectivity index (χ0n) is 15.7. The first kappa shape index (κ1) is 21.1. The summed E-state index contributed by atoms with van der Waals surface area (Å²) >= 11 is 4.43. The van der Waals surface area contributed by atoms with Crippen LogP contribution in [0, 0.1) is 7.14 Å². The fourth-order valence-electron chi connectivity index (χ4n) is 2.57. The first-order valence-corrected chi connectivity index (χ1v) is 10.9. The van der Waals surface area contributed by atoms with Crippen LogP contribution >= 0.6 is 45.2 Å². The Balaban J connectivity index is 1.95. The van der Waals surface area contributed by atoms with Crippen LogP contribution in [0.4, 0.5) is 0 Å². The van der Waals surface area contributed by atoms with E-state index in [1.54, 1.807) is 6.08 Å². The average Bonchev–Trinajstić information content (AvgIpc) is 2.99. The van der Waals surface area contributed by atoms with Crippen molar-refractivity contribution in [1.82, 2.24) is 0 Å². The number of hydrogen-bond acceptors (Lipinski definition) is 5. The molecule has 0 amide bonds. The van der Waals surface area contributed by atoms with Crippen LogP contribution in [0.2, 0.25) is 0 Å². The summed E-state index contributed by atoms with van der Waals surface area (Å²) in [5.74, 6) is 1.19. The van der Waals surface area contributed by atoms with Gasteiger partial charge in [-0.1, -0.05) is 0 Å². The molecule has 1 heterocycles. The molecular formula is C21H19I2NO4. The monoisotopic (exact) mass is 603 g/mol. The Kier molecular flexibility index (Phi) is 6.97. The molecule has 0 fully saturated rings. The van der Waals surface area contributed by atoms with Gasteiger partial charge in [-0.25, -0.2) is 9.79 Å². The molecule has 0 radical (unpaired) electrons. The first-order valence-electron chi connectivity index (χ1n) is 8.79. The predicted octanol–water partition coefficient (Wildman–Crippen LogP) is 5.43. The van der Waals surface area contributed by atoms with Gasteiger partial charge in [-0.3, -0.25) is 0 Å². The molecule has 0 unspecified atom stereocenters. The second-order valence-corrected chi connectivity index (χ2v) is 8.68. The second kappa shape index (κ2) is 9.25. The molecule has 146 valence electrons. The van der Waals surface area contributed by atoms with Crippen LogP contribution in [0.15, 0.2) is 47.1 Å². The summed E-state index contributed by atoms with van der Waals surface area (Å²) in [5, 5.41) is 0. The minimum Gasteiger partial charge on any atom is -0.490 e. The largest absolute Gasteiger partial charge is 0.490 e. The van der Waals surface area contributed by atoms with Crippen molar-refractivity contribution in [1.29, 1.82) is 0 Å². The van der Waals surface area contributed by atoms with E-state index < -0.39 is 5.97 Å². The molecule has 28 heavy (non-hydrogen) atoms. The Morgan fingerprint density at radius 2 is 1.89 bits per heavy atom. The van der Waals surface area contributed by atoms with E-state index in [1.165, 1.54) is 0 Å². The van der Waals surface area contributed by atoms with Crippen LogP contribution in [0.5, 0.6) is 11.5 Å². The molecule has 5 nitrogen and oxygen atoms in total. The quantitative estimate of drug-likeness (QED) is 0.252. The summed E-state index contributed by atoms with van der Waals surface area (Å²) in [6.45, 7) is 6.37. The molecule has 0 aliphatic carbocycles. The van der Waals surface area contributed by atoms with Crippen molar-refractivity contribution in [3.05, 3.63) is 60.4 Å². The third-order valence-corrected chi connectivity index (χ3v) is 5.22. The Morgan fingerprint density at radius 3 is 2.54 bits per heavy atom. The van der Waals surface area contributed by atoms with Crippen molar-refractivity contribution < 1.29 is 19.0 Å². The minimum absolute atomic E-state index is 0.0304. The highest BCUT2D eigenvalue weighted by Crippen LogP contribution is 2.36. The summed E-state index contributed by atoms with van der Waals surface area (Å²) < 4.78 is 19.0. The lowest BCUT2D eigenvalue weighted by Gasteiger charge is -2.16. The van der Waals surface area contributed by atoms with Gasteiger partial charge in [0, 0.05) is 9.13 Å². The van der Waals surface area contributed by atoms with Crippen LogP contribution in [-0.4, -0.2) is 24.6 Å². The van der Waals surface area contributed by atoms with Gasteiger partial charge in [-0.2, -0.15) is 0 Å². The summed E-state index contributed by atoms with van der Waals surface area (Å²) in [7, 11) is 0. The lowest BCUT2D eigenvalue weighted by atomic mass is 10.1. The average molecular weight is 603 g/mol. The first-order chi connectivity index (χ1) is 13.4. The van der Waals surface area contributed by atoms with Gasteiger partial charge in [0.1, 0.15) is 0 Å². The van der Waals surface area contributed by atoms with E-state index in [0.717, 1.165) is 18.3 Å². The van der Waals surface area contributed by atoms with E-state index in [-0.39, 0.29) is 11.8 Å². The summed E-state index contributed by atoms with van der Waals surface area (Å²) in [4.78, 5) is 16.6. The van der Waals surface area contributed by atoms with Crippen molar-refractivity contribution in [2.45, 2.75) is 26.9 Å². The fraction of sp³-hybridized carbons (Fsp3) is 0.238. The smallest absolute Gasteiger partial charge is 0.363 e. The van der Waals surface area contributed by atoms with Crippen LogP contribution in [0.25, 0.3) is 6.08 Å². The van der Waals surface area contributed by atoms with E-state index in [2.05, 4.69) is 50.2 Å². The van der Waals surface area contributed by atoms with E-state index in [4.69, 9.17) is 14.2 Å². The molecule has 0 N–H and O–H groups in total. The number of carbonyl (C=O) groups is 1. The number of hydrogen-bond donors (Lipinski definition) is 0. The van der Waals surface area contributed by atoms with Gasteiger partial charge in [0.2, 0.25) is 5.90 Å². The van der Waals surface area contributed by atoms with E-state index >= 15 is 0 Å². The summed E-state index contributed by atoms with van der Waals surface area (Å²) in [6.07, 6.45) is 1.73. The molecule has 7 heteroatoms. The molecule has 0 saturated carbocycles. The van der Waals surface area contributed by atoms with E-state index in [1.807, 2.05) is 57.2 Å². The van der Waals surface area contributed by atoms with Gasteiger partial charge < -0.3 is 14.2 Å². The maximum atomic E-state index is 12.3. The number of rotatable bonds is 6. The molecule has 1 aliphatic rings. The zero-order valence-corrected chi connectivity index (χ0v) is 20.0. The van der Waals surface area contributed by atoms with Crippen molar-refractivity contribution in [3.63, 3.8) is 0 Å². The highest BCUT2D eigenvalue weighted by Gasteiger charge is 2.24. The highest BCUT2D eigenvalue weighted by molar-refractivity contribution is 14.1. The number of cyclic esters (lactones) is 1. The molecule has 0 aromatic heterocycles. The number of ether oxygens (including phenoxy) is 3. The number of benzene rings is 2. The normalized spacial score (nSPS) is 15.0. The van der Waals surface area contributed by atoms with Gasteiger partial charge in [0.15, 0.2) is 17.2 Å². The molecule has 2 aromatic rings. The summed E-state index contributed by atoms with van der Waals surface area (Å²) in [6, 6.07) is 11.4. The van der Waals surface area contributed by atoms with Gasteiger partial charge >= 0.3 is 5.97 Å². The number of nitrogens with zero attached hydrogens (tertiary/aromatic N) is 1. The van der Waals surface area contributed by atoms with Crippen molar-refractivity contribution >= 4 is 63.1 Å². The Morgan fingerprint density at radius 1 is 1.18 bits per heavy atom. The third kappa shape index (κ3) is 5.05. The Hall–Kier alpha value is -1.62. The van der Waals surface area contributed by atoms with Crippen LogP contribution in [0.3, 0.4) is 0 Å². The van der Waals surface area contributed by atoms with E-state index in [9.17, 15) is 4.79 Å². The summed E-state index contributed by atoms with van der Waals surface area (Å²) in [5.41, 5.74) is 1.82. The van der Waals surface area contributed by atoms with Gasteiger partial charge in [0.25, 0.3) is 0 Å². The Bertz CT molecular complexity index is 950. The second-order valence-electron chi connectivity index (χ2n) is 6.27. The number of aliphatic imine (C=N–C) groups is 1. The number of halogens is 2. The molecule has 0 bridgehead atoms. The standard InChI is InChI=1S/C21H19I2NO4/c1-4-26-18-11-13(9-16(23)19(18)27-12(2)3)10-17-21(25)28-20(24-17)14-5-7-15(22)8-6-14/h5-12H,4H2,1-3H3/b17-10-. The third-order valence-electron chi connectivity index (χ3n) is 3.70. The molecular weight excluding hydrogens is 584 g/mol. The SMILES string of the molecule is CCOc1cc(/C=C2\N=C(c3ccc(I)cc3)OC2=O)cc(I)c1OC(C)C. The van der Waals surface area contributed by atoms with Gasteiger partial charge in [-0.15, -0.1) is 0 Å². The Labute approximate surface area is 191 Å². The minimum atomic E-state index is -0.468. The fourth-order valence-corrected chi connectivity index (χ4v) is 3.68. The van der Waals surface area contributed by atoms with Gasteiger partial charge in [0.05, 0.1) is 16.3 Å². The van der Waals surface area contributed by atoms with Crippen LogP contribution in [-0.2, 0) is 9.53 Å². The maximum Gasteiger partial charge on any atom is 0.363 e. The number of carbonyl (C=O) groups excluding carboxylic acids is 1.